The van der Waals surface area contributed by atoms with Gasteiger partial charge in [-0.1, -0.05) is 0 Å². The van der Waals surface area contributed by atoms with Gasteiger partial charge in [-0.05, 0) is 44.7 Å². The second-order valence-electron chi connectivity index (χ2n) is 5.06. The van der Waals surface area contributed by atoms with Crippen molar-refractivity contribution >= 4 is 17.6 Å². The van der Waals surface area contributed by atoms with Crippen LogP contribution in [0.4, 0.5) is 5.69 Å². The molecular formula is C14H18N2O3. The van der Waals surface area contributed by atoms with Crippen LogP contribution in [0.3, 0.4) is 0 Å². The Balaban J connectivity index is 1.90. The summed E-state index contributed by atoms with van der Waals surface area (Å²) in [6, 6.07) is 3.58. The normalized spacial score (nSPS) is 22.8. The zero-order valence-corrected chi connectivity index (χ0v) is 10.9. The van der Waals surface area contributed by atoms with E-state index < -0.39 is 5.97 Å². The fourth-order valence-electron chi connectivity index (χ4n) is 2.47. The minimum atomic E-state index is -0.747. The molecule has 0 spiro atoms. The largest absolute Gasteiger partial charge is 0.481 e. The van der Waals surface area contributed by atoms with Crippen LogP contribution in [-0.4, -0.2) is 22.0 Å². The van der Waals surface area contributed by atoms with Crippen LogP contribution in [0.1, 0.15) is 31.4 Å². The van der Waals surface area contributed by atoms with E-state index in [0.717, 1.165) is 11.4 Å². The first-order chi connectivity index (χ1) is 9.06. The molecule has 19 heavy (non-hydrogen) atoms. The van der Waals surface area contributed by atoms with E-state index in [9.17, 15) is 9.59 Å². The number of rotatable bonds is 3. The van der Waals surface area contributed by atoms with Gasteiger partial charge >= 0.3 is 5.97 Å². The molecule has 0 bridgehead atoms. The number of aromatic nitrogens is 1. The third-order valence-corrected chi connectivity index (χ3v) is 3.61. The number of carbonyl (C=O) groups is 2. The molecule has 0 atom stereocenters. The van der Waals surface area contributed by atoms with E-state index in [1.54, 1.807) is 12.3 Å². The molecule has 1 fully saturated rings. The second kappa shape index (κ2) is 5.82. The average Bonchev–Trinajstić information content (AvgIpc) is 2.39. The molecule has 1 amide bonds. The number of aryl methyl sites for hydroxylation is 1. The van der Waals surface area contributed by atoms with Crippen LogP contribution in [0.25, 0.3) is 0 Å². The molecule has 1 aromatic heterocycles. The number of pyridine rings is 1. The van der Waals surface area contributed by atoms with Gasteiger partial charge in [-0.25, -0.2) is 0 Å². The number of hydrogen-bond acceptors (Lipinski definition) is 3. The number of nitrogens with zero attached hydrogens (tertiary/aromatic N) is 1. The molecule has 1 aromatic rings. The Hall–Kier alpha value is -1.91. The van der Waals surface area contributed by atoms with Gasteiger partial charge in [0.1, 0.15) is 0 Å². The van der Waals surface area contributed by atoms with Gasteiger partial charge < -0.3 is 10.4 Å². The average molecular weight is 262 g/mol. The highest BCUT2D eigenvalue weighted by molar-refractivity contribution is 5.92. The summed E-state index contributed by atoms with van der Waals surface area (Å²) in [5.74, 6) is -1.13. The highest BCUT2D eigenvalue weighted by atomic mass is 16.4. The molecule has 2 N–H and O–H groups in total. The molecule has 102 valence electrons. The summed E-state index contributed by atoms with van der Waals surface area (Å²) in [5.41, 5.74) is 1.60. The van der Waals surface area contributed by atoms with Gasteiger partial charge in [0.15, 0.2) is 0 Å². The molecule has 2 rings (SSSR count). The van der Waals surface area contributed by atoms with Crippen LogP contribution in [-0.2, 0) is 9.59 Å². The predicted octanol–water partition coefficient (Wildman–Crippen LogP) is 2.22. The van der Waals surface area contributed by atoms with Gasteiger partial charge in [0.2, 0.25) is 5.91 Å². The Morgan fingerprint density at radius 3 is 2.47 bits per heavy atom. The van der Waals surface area contributed by atoms with Crippen LogP contribution in [0.2, 0.25) is 0 Å². The number of carbonyl (C=O) groups excluding carboxylic acids is 1. The topological polar surface area (TPSA) is 79.3 Å². The number of hydrogen-bond donors (Lipinski definition) is 2. The van der Waals surface area contributed by atoms with Gasteiger partial charge in [-0.3, -0.25) is 14.6 Å². The smallest absolute Gasteiger partial charge is 0.306 e. The van der Waals surface area contributed by atoms with E-state index >= 15 is 0 Å². The van der Waals surface area contributed by atoms with Crippen molar-refractivity contribution in [2.45, 2.75) is 32.6 Å². The molecule has 0 saturated heterocycles. The van der Waals surface area contributed by atoms with Crippen molar-refractivity contribution in [1.82, 2.24) is 4.98 Å². The standard InChI is InChI=1S/C14H18N2O3/c1-9-8-12(6-7-15-9)16-13(17)10-2-4-11(5-3-10)14(18)19/h6-8,10-11H,2-5H2,1H3,(H,18,19)(H,15,16,17). The summed E-state index contributed by atoms with van der Waals surface area (Å²) in [5, 5.41) is 11.8. The molecule has 1 aliphatic carbocycles. The van der Waals surface area contributed by atoms with E-state index in [1.165, 1.54) is 0 Å². The zero-order chi connectivity index (χ0) is 13.8. The number of carboxylic acids is 1. The molecule has 5 heteroatoms. The molecule has 0 unspecified atom stereocenters. The Bertz CT molecular complexity index is 479. The van der Waals surface area contributed by atoms with E-state index in [2.05, 4.69) is 10.3 Å². The highest BCUT2D eigenvalue weighted by Crippen LogP contribution is 2.29. The Morgan fingerprint density at radius 2 is 1.89 bits per heavy atom. The lowest BCUT2D eigenvalue weighted by molar-refractivity contribution is -0.143. The molecule has 5 nitrogen and oxygen atoms in total. The van der Waals surface area contributed by atoms with Gasteiger partial charge in [0, 0.05) is 23.5 Å². The van der Waals surface area contributed by atoms with Crippen LogP contribution in [0, 0.1) is 18.8 Å². The van der Waals surface area contributed by atoms with E-state index in [0.29, 0.717) is 25.7 Å². The number of anilines is 1. The van der Waals surface area contributed by atoms with E-state index in [4.69, 9.17) is 5.11 Å². The van der Waals surface area contributed by atoms with Crippen molar-refractivity contribution in [3.8, 4) is 0 Å². The summed E-state index contributed by atoms with van der Waals surface area (Å²) < 4.78 is 0. The predicted molar refractivity (Wildman–Crippen MR) is 70.7 cm³/mol. The zero-order valence-electron chi connectivity index (χ0n) is 10.9. The lowest BCUT2D eigenvalue weighted by Gasteiger charge is -2.25. The van der Waals surface area contributed by atoms with Gasteiger partial charge in [-0.2, -0.15) is 0 Å². The molecule has 0 aromatic carbocycles. The number of amides is 1. The molecule has 0 radical (unpaired) electrons. The molecule has 1 heterocycles. The Kier molecular flexibility index (Phi) is 4.14. The first-order valence-corrected chi connectivity index (χ1v) is 6.52. The lowest BCUT2D eigenvalue weighted by Crippen LogP contribution is -2.29. The monoisotopic (exact) mass is 262 g/mol. The lowest BCUT2D eigenvalue weighted by atomic mass is 9.81. The van der Waals surface area contributed by atoms with Crippen LogP contribution in [0.5, 0.6) is 0 Å². The SMILES string of the molecule is Cc1cc(NC(=O)C2CCC(C(=O)O)CC2)ccn1. The van der Waals surface area contributed by atoms with Crippen molar-refractivity contribution < 1.29 is 14.7 Å². The van der Waals surface area contributed by atoms with Crippen LogP contribution < -0.4 is 5.32 Å². The maximum Gasteiger partial charge on any atom is 0.306 e. The number of nitrogens with one attached hydrogen (secondary N) is 1. The van der Waals surface area contributed by atoms with Crippen LogP contribution >= 0.6 is 0 Å². The molecule has 1 saturated carbocycles. The van der Waals surface area contributed by atoms with E-state index in [1.807, 2.05) is 13.0 Å². The fraction of sp³-hybridized carbons (Fsp3) is 0.500. The number of carboxylic acid groups (broad SMARTS) is 1. The molecular weight excluding hydrogens is 244 g/mol. The summed E-state index contributed by atoms with van der Waals surface area (Å²) in [6.45, 7) is 1.87. The maximum atomic E-state index is 12.1. The first-order valence-electron chi connectivity index (χ1n) is 6.52. The quantitative estimate of drug-likeness (QED) is 0.875. The van der Waals surface area contributed by atoms with Gasteiger partial charge in [-0.15, -0.1) is 0 Å². The second-order valence-corrected chi connectivity index (χ2v) is 5.06. The fourth-order valence-corrected chi connectivity index (χ4v) is 2.47. The third-order valence-electron chi connectivity index (χ3n) is 3.61. The van der Waals surface area contributed by atoms with Crippen molar-refractivity contribution in [2.75, 3.05) is 5.32 Å². The van der Waals surface area contributed by atoms with Crippen molar-refractivity contribution in [1.29, 1.82) is 0 Å². The summed E-state index contributed by atoms with van der Waals surface area (Å²) in [7, 11) is 0. The van der Waals surface area contributed by atoms with Gasteiger partial charge in [0.25, 0.3) is 0 Å². The first kappa shape index (κ1) is 13.5. The van der Waals surface area contributed by atoms with Crippen molar-refractivity contribution in [2.24, 2.45) is 11.8 Å². The van der Waals surface area contributed by atoms with Crippen molar-refractivity contribution in [3.63, 3.8) is 0 Å². The molecule has 0 aliphatic heterocycles. The minimum Gasteiger partial charge on any atom is -0.481 e. The summed E-state index contributed by atoms with van der Waals surface area (Å²) in [4.78, 5) is 27.0. The Morgan fingerprint density at radius 1 is 1.26 bits per heavy atom. The Labute approximate surface area is 112 Å². The van der Waals surface area contributed by atoms with Gasteiger partial charge in [0.05, 0.1) is 5.92 Å². The van der Waals surface area contributed by atoms with E-state index in [-0.39, 0.29) is 17.7 Å². The van der Waals surface area contributed by atoms with Crippen LogP contribution in [0.15, 0.2) is 18.3 Å². The maximum absolute atomic E-state index is 12.1. The molecule has 1 aliphatic rings. The van der Waals surface area contributed by atoms with Crippen molar-refractivity contribution in [3.05, 3.63) is 24.0 Å². The highest BCUT2D eigenvalue weighted by Gasteiger charge is 2.29. The third kappa shape index (κ3) is 3.53. The summed E-state index contributed by atoms with van der Waals surface area (Å²) >= 11 is 0. The summed E-state index contributed by atoms with van der Waals surface area (Å²) in [6.07, 6.45) is 4.12. The minimum absolute atomic E-state index is 0.0190. The number of aliphatic carboxylic acids is 1.